The second kappa shape index (κ2) is 6.98. The smallest absolute Gasteiger partial charge is 0.262 e. The minimum absolute atomic E-state index is 0.0668. The third kappa shape index (κ3) is 2.83. The molecule has 152 valence electrons. The summed E-state index contributed by atoms with van der Waals surface area (Å²) in [6, 6.07) is 12.1. The van der Waals surface area contributed by atoms with Crippen LogP contribution in [0.15, 0.2) is 47.3 Å². The lowest BCUT2D eigenvalue weighted by molar-refractivity contribution is -0.127. The SMILES string of the molecule is CNC(=O)[C@@H]1CN(C(=O)c2ccc3c(=O)n4c(nc3c2)CCC4)c2ccccc2O1. The number of carbonyl (C=O) groups excluding carboxylic acids is 2. The Morgan fingerprint density at radius 2 is 2.03 bits per heavy atom. The maximum Gasteiger partial charge on any atom is 0.262 e. The average Bonchev–Trinajstić information content (AvgIpc) is 3.26. The fraction of sp³-hybridized carbons (Fsp3) is 0.273. The van der Waals surface area contributed by atoms with E-state index in [0.717, 1.165) is 18.7 Å². The van der Waals surface area contributed by atoms with Crippen LogP contribution in [0.3, 0.4) is 0 Å². The highest BCUT2D eigenvalue weighted by molar-refractivity contribution is 6.09. The zero-order valence-corrected chi connectivity index (χ0v) is 16.4. The van der Waals surface area contributed by atoms with E-state index in [0.29, 0.717) is 34.4 Å². The highest BCUT2D eigenvalue weighted by Crippen LogP contribution is 2.34. The molecule has 1 aromatic heterocycles. The third-order valence-corrected chi connectivity index (χ3v) is 5.62. The molecule has 2 aliphatic heterocycles. The largest absolute Gasteiger partial charge is 0.477 e. The molecule has 30 heavy (non-hydrogen) atoms. The number of nitrogens with zero attached hydrogens (tertiary/aromatic N) is 3. The number of nitrogens with one attached hydrogen (secondary N) is 1. The Morgan fingerprint density at radius 3 is 2.87 bits per heavy atom. The van der Waals surface area contributed by atoms with Crippen LogP contribution in [0.2, 0.25) is 0 Å². The number of aromatic nitrogens is 2. The minimum atomic E-state index is -0.805. The molecule has 1 atom stereocenters. The summed E-state index contributed by atoms with van der Waals surface area (Å²) < 4.78 is 7.48. The summed E-state index contributed by atoms with van der Waals surface area (Å²) in [6.07, 6.45) is 0.851. The van der Waals surface area contributed by atoms with Gasteiger partial charge in [0.25, 0.3) is 17.4 Å². The van der Waals surface area contributed by atoms with E-state index in [1.807, 2.05) is 6.07 Å². The van der Waals surface area contributed by atoms with Crippen molar-refractivity contribution in [2.24, 2.45) is 0 Å². The number of ether oxygens (including phenoxy) is 1. The second-order valence-corrected chi connectivity index (χ2v) is 7.42. The van der Waals surface area contributed by atoms with Gasteiger partial charge in [-0.05, 0) is 36.8 Å². The van der Waals surface area contributed by atoms with Crippen LogP contribution < -0.4 is 20.5 Å². The molecule has 0 aliphatic carbocycles. The number of hydrogen-bond acceptors (Lipinski definition) is 5. The molecule has 0 saturated heterocycles. The first-order chi connectivity index (χ1) is 14.6. The highest BCUT2D eigenvalue weighted by Gasteiger charge is 2.34. The summed E-state index contributed by atoms with van der Waals surface area (Å²) in [5, 5.41) is 3.07. The number of benzene rings is 2. The Kier molecular flexibility index (Phi) is 4.27. The predicted octanol–water partition coefficient (Wildman–Crippen LogP) is 1.50. The fourth-order valence-corrected chi connectivity index (χ4v) is 4.10. The van der Waals surface area contributed by atoms with Crippen LogP contribution in [0, 0.1) is 0 Å². The van der Waals surface area contributed by atoms with Crippen molar-refractivity contribution in [3.63, 3.8) is 0 Å². The van der Waals surface area contributed by atoms with Gasteiger partial charge in [-0.1, -0.05) is 12.1 Å². The third-order valence-electron chi connectivity index (χ3n) is 5.62. The van der Waals surface area contributed by atoms with Gasteiger partial charge in [-0.2, -0.15) is 0 Å². The van der Waals surface area contributed by atoms with E-state index in [4.69, 9.17) is 4.74 Å². The molecule has 0 saturated carbocycles. The monoisotopic (exact) mass is 404 g/mol. The maximum atomic E-state index is 13.4. The number of amides is 2. The van der Waals surface area contributed by atoms with Crippen molar-refractivity contribution in [3.8, 4) is 5.75 Å². The summed E-state index contributed by atoms with van der Waals surface area (Å²) in [4.78, 5) is 44.4. The first kappa shape index (κ1) is 18.4. The Bertz CT molecular complexity index is 1250. The second-order valence-electron chi connectivity index (χ2n) is 7.42. The Morgan fingerprint density at radius 1 is 1.20 bits per heavy atom. The molecule has 0 spiro atoms. The molecular weight excluding hydrogens is 384 g/mol. The zero-order valence-electron chi connectivity index (χ0n) is 16.4. The van der Waals surface area contributed by atoms with Gasteiger partial charge in [-0.3, -0.25) is 19.0 Å². The van der Waals surface area contributed by atoms with Crippen molar-refractivity contribution in [2.45, 2.75) is 25.5 Å². The number of likely N-dealkylation sites (N-methyl/N-ethyl adjacent to an activating group) is 1. The first-order valence-corrected chi connectivity index (χ1v) is 9.89. The summed E-state index contributed by atoms with van der Waals surface area (Å²) in [6.45, 7) is 0.775. The average molecular weight is 404 g/mol. The summed E-state index contributed by atoms with van der Waals surface area (Å²) in [7, 11) is 1.53. The number of rotatable bonds is 2. The molecule has 8 heteroatoms. The lowest BCUT2D eigenvalue weighted by Crippen LogP contribution is -2.50. The van der Waals surface area contributed by atoms with Gasteiger partial charge < -0.3 is 15.0 Å². The van der Waals surface area contributed by atoms with E-state index in [1.165, 1.54) is 7.05 Å². The summed E-state index contributed by atoms with van der Waals surface area (Å²) in [5.41, 5.74) is 1.46. The molecule has 0 radical (unpaired) electrons. The van der Waals surface area contributed by atoms with Crippen LogP contribution in [0.5, 0.6) is 5.75 Å². The molecule has 3 heterocycles. The van der Waals surface area contributed by atoms with Gasteiger partial charge in [0.2, 0.25) is 0 Å². The molecule has 5 rings (SSSR count). The summed E-state index contributed by atoms with van der Waals surface area (Å²) in [5.74, 6) is 0.657. The zero-order chi connectivity index (χ0) is 20.8. The number of fused-ring (bicyclic) bond motifs is 3. The fourth-order valence-electron chi connectivity index (χ4n) is 4.10. The van der Waals surface area contributed by atoms with Crippen LogP contribution in [0.25, 0.3) is 10.9 Å². The van der Waals surface area contributed by atoms with Gasteiger partial charge in [-0.25, -0.2) is 4.98 Å². The molecule has 2 aliphatic rings. The maximum absolute atomic E-state index is 13.4. The number of anilines is 1. The van der Waals surface area contributed by atoms with E-state index in [1.54, 1.807) is 45.9 Å². The molecule has 1 N–H and O–H groups in total. The Balaban J connectivity index is 1.56. The normalized spacial score (nSPS) is 17.2. The number of para-hydroxylation sites is 2. The van der Waals surface area contributed by atoms with Crippen molar-refractivity contribution in [1.82, 2.24) is 14.9 Å². The van der Waals surface area contributed by atoms with Crippen molar-refractivity contribution in [1.29, 1.82) is 0 Å². The van der Waals surface area contributed by atoms with Gasteiger partial charge >= 0.3 is 0 Å². The van der Waals surface area contributed by atoms with Crippen molar-refractivity contribution in [3.05, 3.63) is 64.2 Å². The number of hydrogen-bond donors (Lipinski definition) is 1. The van der Waals surface area contributed by atoms with Crippen molar-refractivity contribution < 1.29 is 14.3 Å². The van der Waals surface area contributed by atoms with E-state index in [2.05, 4.69) is 10.3 Å². The Labute approximate surface area is 172 Å². The molecule has 2 amide bonds. The topological polar surface area (TPSA) is 93.5 Å². The van der Waals surface area contributed by atoms with E-state index >= 15 is 0 Å². The van der Waals surface area contributed by atoms with Crippen LogP contribution in [-0.2, 0) is 17.8 Å². The standard InChI is InChI=1S/C22H20N4O4/c1-23-20(27)18-12-26(16-5-2-3-6-17(16)30-18)21(28)13-8-9-14-15(11-13)24-19-7-4-10-25(19)22(14)29/h2-3,5-6,8-9,11,18H,4,7,10,12H2,1H3,(H,23,27)/t18-/m0/s1. The van der Waals surface area contributed by atoms with Gasteiger partial charge in [0.15, 0.2) is 6.10 Å². The van der Waals surface area contributed by atoms with Gasteiger partial charge in [0, 0.05) is 25.6 Å². The van der Waals surface area contributed by atoms with Crippen LogP contribution in [0.1, 0.15) is 22.6 Å². The van der Waals surface area contributed by atoms with E-state index in [9.17, 15) is 14.4 Å². The quantitative estimate of drug-likeness (QED) is 0.699. The van der Waals surface area contributed by atoms with Crippen LogP contribution in [-0.4, -0.2) is 41.1 Å². The van der Waals surface area contributed by atoms with Crippen molar-refractivity contribution >= 4 is 28.4 Å². The lowest BCUT2D eigenvalue weighted by Gasteiger charge is -2.34. The van der Waals surface area contributed by atoms with Crippen molar-refractivity contribution in [2.75, 3.05) is 18.5 Å². The van der Waals surface area contributed by atoms with E-state index in [-0.39, 0.29) is 23.9 Å². The van der Waals surface area contributed by atoms with Crippen LogP contribution in [0.4, 0.5) is 5.69 Å². The molecule has 0 fully saturated rings. The van der Waals surface area contributed by atoms with Gasteiger partial charge in [-0.15, -0.1) is 0 Å². The molecule has 0 bridgehead atoms. The number of carbonyl (C=O) groups is 2. The molecule has 3 aromatic rings. The number of aryl methyl sites for hydroxylation is 1. The van der Waals surface area contributed by atoms with E-state index < -0.39 is 6.10 Å². The minimum Gasteiger partial charge on any atom is -0.477 e. The summed E-state index contributed by atoms with van der Waals surface area (Å²) >= 11 is 0. The highest BCUT2D eigenvalue weighted by atomic mass is 16.5. The predicted molar refractivity (Wildman–Crippen MR) is 111 cm³/mol. The lowest BCUT2D eigenvalue weighted by atomic mass is 10.1. The van der Waals surface area contributed by atoms with Crippen LogP contribution >= 0.6 is 0 Å². The molecular formula is C22H20N4O4. The van der Waals surface area contributed by atoms with Gasteiger partial charge in [0.05, 0.1) is 23.1 Å². The Hall–Kier alpha value is -3.68. The molecule has 0 unspecified atom stereocenters. The van der Waals surface area contributed by atoms with Gasteiger partial charge in [0.1, 0.15) is 11.6 Å². The first-order valence-electron chi connectivity index (χ1n) is 9.89. The molecule has 8 nitrogen and oxygen atoms in total. The molecule has 2 aromatic carbocycles.